The number of amides is 1. The van der Waals surface area contributed by atoms with Gasteiger partial charge in [-0.1, -0.05) is 6.92 Å². The highest BCUT2D eigenvalue weighted by atomic mass is 16.2. The van der Waals surface area contributed by atoms with Crippen LogP contribution in [-0.2, 0) is 4.79 Å². The van der Waals surface area contributed by atoms with Gasteiger partial charge in [0.2, 0.25) is 5.91 Å². The number of nitrogens with zero attached hydrogens (tertiary/aromatic N) is 2. The molecule has 0 spiro atoms. The van der Waals surface area contributed by atoms with Crippen LogP contribution in [0.1, 0.15) is 26.7 Å². The molecule has 96 valence electrons. The zero-order chi connectivity index (χ0) is 12.7. The third-order valence-electron chi connectivity index (χ3n) is 2.88. The fourth-order valence-electron chi connectivity index (χ4n) is 1.55. The molecule has 0 aromatic heterocycles. The summed E-state index contributed by atoms with van der Waals surface area (Å²) in [6, 6.07) is 0.779. The van der Waals surface area contributed by atoms with Crippen LogP contribution >= 0.6 is 0 Å². The molecule has 4 heteroatoms. The molecule has 16 heavy (non-hydrogen) atoms. The van der Waals surface area contributed by atoms with Gasteiger partial charge in [0.1, 0.15) is 0 Å². The van der Waals surface area contributed by atoms with Crippen molar-refractivity contribution in [2.75, 3.05) is 34.7 Å². The van der Waals surface area contributed by atoms with E-state index in [1.54, 1.807) is 19.0 Å². The summed E-state index contributed by atoms with van der Waals surface area (Å²) < 4.78 is 0. The average molecular weight is 229 g/mol. The van der Waals surface area contributed by atoms with Crippen LogP contribution in [0.15, 0.2) is 0 Å². The number of hydrogen-bond acceptors (Lipinski definition) is 3. The Hall–Kier alpha value is -0.610. The predicted octanol–water partition coefficient (Wildman–Crippen LogP) is 0.783. The monoisotopic (exact) mass is 229 g/mol. The largest absolute Gasteiger partial charge is 0.349 e. The molecule has 0 aromatic carbocycles. The zero-order valence-electron chi connectivity index (χ0n) is 11.6. The first-order valence-corrected chi connectivity index (χ1v) is 5.98. The third-order valence-corrected chi connectivity index (χ3v) is 2.88. The maximum Gasteiger partial charge on any atom is 0.223 e. The molecule has 1 N–H and O–H groups in total. The molecule has 0 saturated carbocycles. The van der Waals surface area contributed by atoms with Gasteiger partial charge in [0.05, 0.1) is 0 Å². The average Bonchev–Trinajstić information content (AvgIpc) is 2.17. The molecule has 0 rings (SSSR count). The number of carbonyl (C=O) groups is 1. The summed E-state index contributed by atoms with van der Waals surface area (Å²) in [7, 11) is 7.77. The second-order valence-corrected chi connectivity index (χ2v) is 4.83. The molecular formula is C12H27N3O. The summed E-state index contributed by atoms with van der Waals surface area (Å²) in [5.41, 5.74) is 0. The first-order chi connectivity index (χ1) is 7.38. The van der Waals surface area contributed by atoms with Crippen LogP contribution in [0.3, 0.4) is 0 Å². The normalized spacial score (nSPS) is 14.9. The van der Waals surface area contributed by atoms with Crippen LogP contribution in [0.2, 0.25) is 0 Å². The van der Waals surface area contributed by atoms with Crippen LogP contribution in [0, 0.1) is 0 Å². The first kappa shape index (κ1) is 15.4. The lowest BCUT2D eigenvalue weighted by Crippen LogP contribution is -2.42. The highest BCUT2D eigenvalue weighted by molar-refractivity contribution is 5.76. The highest BCUT2D eigenvalue weighted by Crippen LogP contribution is 2.00. The Morgan fingerprint density at radius 1 is 1.25 bits per heavy atom. The number of likely N-dealkylation sites (N-methyl/N-ethyl adjacent to an activating group) is 1. The van der Waals surface area contributed by atoms with E-state index in [1.165, 1.54) is 0 Å². The number of hydrogen-bond donors (Lipinski definition) is 1. The molecule has 0 saturated heterocycles. The van der Waals surface area contributed by atoms with Gasteiger partial charge in [0.15, 0.2) is 0 Å². The van der Waals surface area contributed by atoms with Crippen LogP contribution in [-0.4, -0.2) is 62.5 Å². The SMILES string of the molecule is CCC(CNC(C)CC(=O)N(C)C)N(C)C. The van der Waals surface area contributed by atoms with Crippen molar-refractivity contribution in [2.45, 2.75) is 38.8 Å². The summed E-state index contributed by atoms with van der Waals surface area (Å²) >= 11 is 0. The minimum atomic E-state index is 0.179. The smallest absolute Gasteiger partial charge is 0.223 e. The Labute approximate surface area is 100.0 Å². The molecular weight excluding hydrogens is 202 g/mol. The Kier molecular flexibility index (Phi) is 7.34. The highest BCUT2D eigenvalue weighted by Gasteiger charge is 2.13. The third kappa shape index (κ3) is 6.08. The molecule has 1 amide bonds. The lowest BCUT2D eigenvalue weighted by atomic mass is 10.1. The molecule has 0 aliphatic rings. The Balaban J connectivity index is 3.88. The van der Waals surface area contributed by atoms with E-state index in [2.05, 4.69) is 38.2 Å². The second kappa shape index (κ2) is 7.63. The minimum Gasteiger partial charge on any atom is -0.349 e. The van der Waals surface area contributed by atoms with Gasteiger partial charge in [-0.05, 0) is 27.4 Å². The standard InChI is InChI=1S/C12H27N3O/c1-7-11(14(3)4)9-13-10(2)8-12(16)15(5)6/h10-11,13H,7-9H2,1-6H3. The summed E-state index contributed by atoms with van der Waals surface area (Å²) in [4.78, 5) is 15.3. The van der Waals surface area contributed by atoms with Crippen molar-refractivity contribution in [3.63, 3.8) is 0 Å². The quantitative estimate of drug-likeness (QED) is 0.701. The molecule has 2 unspecified atom stereocenters. The molecule has 0 aliphatic carbocycles. The molecule has 0 fully saturated rings. The van der Waals surface area contributed by atoms with Gasteiger partial charge >= 0.3 is 0 Å². The molecule has 2 atom stereocenters. The number of carbonyl (C=O) groups excluding carboxylic acids is 1. The van der Waals surface area contributed by atoms with Crippen LogP contribution in [0.5, 0.6) is 0 Å². The lowest BCUT2D eigenvalue weighted by molar-refractivity contribution is -0.129. The van der Waals surface area contributed by atoms with Crippen molar-refractivity contribution in [3.05, 3.63) is 0 Å². The second-order valence-electron chi connectivity index (χ2n) is 4.83. The lowest BCUT2D eigenvalue weighted by Gasteiger charge is -2.25. The Morgan fingerprint density at radius 2 is 1.81 bits per heavy atom. The van der Waals surface area contributed by atoms with E-state index in [9.17, 15) is 4.79 Å². The van der Waals surface area contributed by atoms with Gasteiger partial charge in [-0.25, -0.2) is 0 Å². The van der Waals surface area contributed by atoms with Gasteiger partial charge in [-0.15, -0.1) is 0 Å². The van der Waals surface area contributed by atoms with Gasteiger partial charge < -0.3 is 15.1 Å². The van der Waals surface area contributed by atoms with E-state index in [0.717, 1.165) is 13.0 Å². The number of nitrogens with one attached hydrogen (secondary N) is 1. The van der Waals surface area contributed by atoms with Crippen LogP contribution in [0.4, 0.5) is 0 Å². The molecule has 0 heterocycles. The van der Waals surface area contributed by atoms with Crippen molar-refractivity contribution in [2.24, 2.45) is 0 Å². The maximum absolute atomic E-state index is 11.5. The summed E-state index contributed by atoms with van der Waals surface area (Å²) in [5, 5.41) is 3.41. The molecule has 0 aliphatic heterocycles. The Bertz CT molecular complexity index is 204. The summed E-state index contributed by atoms with van der Waals surface area (Å²) in [6.45, 7) is 5.18. The maximum atomic E-state index is 11.5. The van der Waals surface area contributed by atoms with Gasteiger partial charge in [-0.3, -0.25) is 4.79 Å². The van der Waals surface area contributed by atoms with Crippen LogP contribution in [0.25, 0.3) is 0 Å². The van der Waals surface area contributed by atoms with E-state index in [-0.39, 0.29) is 11.9 Å². The molecule has 4 nitrogen and oxygen atoms in total. The fourth-order valence-corrected chi connectivity index (χ4v) is 1.55. The van der Waals surface area contributed by atoms with Crippen LogP contribution < -0.4 is 5.32 Å². The molecule has 0 aromatic rings. The summed E-state index contributed by atoms with van der Waals surface area (Å²) in [5.74, 6) is 0.179. The fraction of sp³-hybridized carbons (Fsp3) is 0.917. The molecule has 0 bridgehead atoms. The molecule has 0 radical (unpaired) electrons. The van der Waals surface area contributed by atoms with E-state index < -0.39 is 0 Å². The van der Waals surface area contributed by atoms with Crippen molar-refractivity contribution >= 4 is 5.91 Å². The van der Waals surface area contributed by atoms with Gasteiger partial charge in [0.25, 0.3) is 0 Å². The first-order valence-electron chi connectivity index (χ1n) is 5.98. The van der Waals surface area contributed by atoms with Crippen molar-refractivity contribution in [3.8, 4) is 0 Å². The van der Waals surface area contributed by atoms with Crippen molar-refractivity contribution in [1.82, 2.24) is 15.1 Å². The predicted molar refractivity (Wildman–Crippen MR) is 68.5 cm³/mol. The zero-order valence-corrected chi connectivity index (χ0v) is 11.6. The van der Waals surface area contributed by atoms with Gasteiger partial charge in [0, 0.05) is 39.1 Å². The van der Waals surface area contributed by atoms with Gasteiger partial charge in [-0.2, -0.15) is 0 Å². The van der Waals surface area contributed by atoms with Crippen molar-refractivity contribution in [1.29, 1.82) is 0 Å². The van der Waals surface area contributed by atoms with Crippen molar-refractivity contribution < 1.29 is 4.79 Å². The topological polar surface area (TPSA) is 35.6 Å². The summed E-state index contributed by atoms with van der Waals surface area (Å²) in [6.07, 6.45) is 1.69. The Morgan fingerprint density at radius 3 is 2.19 bits per heavy atom. The van der Waals surface area contributed by atoms with E-state index in [4.69, 9.17) is 0 Å². The van der Waals surface area contributed by atoms with E-state index >= 15 is 0 Å². The minimum absolute atomic E-state index is 0.179. The van der Waals surface area contributed by atoms with E-state index in [1.807, 2.05) is 0 Å². The van der Waals surface area contributed by atoms with E-state index in [0.29, 0.717) is 12.5 Å². The number of rotatable bonds is 7.